The van der Waals surface area contributed by atoms with Gasteiger partial charge in [0.05, 0.1) is 22.3 Å². The summed E-state index contributed by atoms with van der Waals surface area (Å²) in [5.74, 6) is 0.182. The minimum absolute atomic E-state index is 0.0492. The van der Waals surface area contributed by atoms with Crippen LogP contribution in [-0.2, 0) is 13.2 Å². The highest BCUT2D eigenvalue weighted by Crippen LogP contribution is 2.33. The Hall–Kier alpha value is -2.29. The Kier molecular flexibility index (Phi) is 5.08. The first-order valence-corrected chi connectivity index (χ1v) is 8.39. The van der Waals surface area contributed by atoms with Crippen molar-refractivity contribution < 1.29 is 18.0 Å². The molecular weight excluding hydrogens is 371 g/mol. The van der Waals surface area contributed by atoms with Gasteiger partial charge in [-0.15, -0.1) is 0 Å². The maximum Gasteiger partial charge on any atom is 0.417 e. The van der Waals surface area contributed by atoms with Crippen LogP contribution in [-0.4, -0.2) is 51.8 Å². The molecule has 0 bridgehead atoms. The zero-order valence-corrected chi connectivity index (χ0v) is 14.8. The Morgan fingerprint density at radius 1 is 1.19 bits per heavy atom. The lowest BCUT2D eigenvalue weighted by molar-refractivity contribution is -0.137. The minimum atomic E-state index is -4.49. The SMILES string of the molecule is Cn1cc(C(=O)N2CCCN(c3ncc(C(F)(F)F)cc3Cl)CC2)cn1. The van der Waals surface area contributed by atoms with Gasteiger partial charge in [-0.3, -0.25) is 9.48 Å². The van der Waals surface area contributed by atoms with Crippen LogP contribution in [0.4, 0.5) is 19.0 Å². The van der Waals surface area contributed by atoms with E-state index in [1.165, 1.54) is 6.20 Å². The van der Waals surface area contributed by atoms with Crippen LogP contribution in [0.25, 0.3) is 0 Å². The fourth-order valence-corrected chi connectivity index (χ4v) is 3.15. The van der Waals surface area contributed by atoms with Gasteiger partial charge in [0.25, 0.3) is 5.91 Å². The molecule has 2 aromatic rings. The van der Waals surface area contributed by atoms with E-state index >= 15 is 0 Å². The first kappa shape index (κ1) is 18.5. The van der Waals surface area contributed by atoms with Crippen molar-refractivity contribution in [3.63, 3.8) is 0 Å². The summed E-state index contributed by atoms with van der Waals surface area (Å²) in [6.45, 7) is 1.95. The normalized spacial score (nSPS) is 15.9. The molecule has 1 fully saturated rings. The zero-order valence-electron chi connectivity index (χ0n) is 14.0. The summed E-state index contributed by atoms with van der Waals surface area (Å²) in [4.78, 5) is 19.9. The molecule has 2 aromatic heterocycles. The number of amides is 1. The molecule has 0 aliphatic carbocycles. The quantitative estimate of drug-likeness (QED) is 0.795. The third-order valence-electron chi connectivity index (χ3n) is 4.18. The van der Waals surface area contributed by atoms with E-state index in [1.54, 1.807) is 27.7 Å². The van der Waals surface area contributed by atoms with Gasteiger partial charge in [0.15, 0.2) is 0 Å². The molecule has 1 aliphatic rings. The molecule has 0 spiro atoms. The van der Waals surface area contributed by atoms with Crippen molar-refractivity contribution in [2.75, 3.05) is 31.1 Å². The maximum atomic E-state index is 12.7. The molecule has 1 saturated heterocycles. The standard InChI is InChI=1S/C16H17ClF3N5O/c1-23-10-11(8-22-23)15(26)25-4-2-3-24(5-6-25)14-13(17)7-12(9-21-14)16(18,19)20/h7-10H,2-6H2,1H3. The highest BCUT2D eigenvalue weighted by atomic mass is 35.5. The van der Waals surface area contributed by atoms with Gasteiger partial charge in [0, 0.05) is 45.6 Å². The molecule has 0 N–H and O–H groups in total. The first-order chi connectivity index (χ1) is 12.3. The maximum absolute atomic E-state index is 12.7. The number of hydrogen-bond acceptors (Lipinski definition) is 4. The Morgan fingerprint density at radius 3 is 2.58 bits per heavy atom. The second kappa shape index (κ2) is 7.14. The Labute approximate surface area is 153 Å². The molecule has 6 nitrogen and oxygen atoms in total. The Morgan fingerprint density at radius 2 is 1.96 bits per heavy atom. The average Bonchev–Trinajstić information content (AvgIpc) is 2.87. The molecule has 0 unspecified atom stereocenters. The molecule has 1 aliphatic heterocycles. The molecule has 140 valence electrons. The second-order valence-electron chi connectivity index (χ2n) is 6.06. The molecule has 10 heteroatoms. The van der Waals surface area contributed by atoms with Crippen molar-refractivity contribution in [2.45, 2.75) is 12.6 Å². The molecule has 0 atom stereocenters. The van der Waals surface area contributed by atoms with Crippen molar-refractivity contribution in [2.24, 2.45) is 7.05 Å². The van der Waals surface area contributed by atoms with Gasteiger partial charge in [-0.2, -0.15) is 18.3 Å². The van der Waals surface area contributed by atoms with Crippen LogP contribution in [0.5, 0.6) is 0 Å². The summed E-state index contributed by atoms with van der Waals surface area (Å²) in [6.07, 6.45) is 0.120. The van der Waals surface area contributed by atoms with Crippen molar-refractivity contribution in [1.82, 2.24) is 19.7 Å². The number of carbonyl (C=O) groups is 1. The number of carbonyl (C=O) groups excluding carboxylic acids is 1. The highest BCUT2D eigenvalue weighted by Gasteiger charge is 2.32. The summed E-state index contributed by atoms with van der Waals surface area (Å²) in [5.41, 5.74) is -0.374. The molecule has 0 aromatic carbocycles. The minimum Gasteiger partial charge on any atom is -0.354 e. The van der Waals surface area contributed by atoms with Gasteiger partial charge in [-0.1, -0.05) is 11.6 Å². The van der Waals surface area contributed by atoms with Gasteiger partial charge < -0.3 is 9.80 Å². The number of aryl methyl sites for hydroxylation is 1. The summed E-state index contributed by atoms with van der Waals surface area (Å²) in [7, 11) is 1.74. The zero-order chi connectivity index (χ0) is 18.9. The number of aromatic nitrogens is 3. The van der Waals surface area contributed by atoms with Crippen LogP contribution in [0.1, 0.15) is 22.3 Å². The molecule has 0 radical (unpaired) electrons. The van der Waals surface area contributed by atoms with E-state index in [2.05, 4.69) is 10.1 Å². The van der Waals surface area contributed by atoms with E-state index in [-0.39, 0.29) is 10.9 Å². The topological polar surface area (TPSA) is 54.3 Å². The fourth-order valence-electron chi connectivity index (χ4n) is 2.87. The van der Waals surface area contributed by atoms with Gasteiger partial charge in [-0.25, -0.2) is 4.98 Å². The number of pyridine rings is 1. The van der Waals surface area contributed by atoms with Crippen LogP contribution in [0.15, 0.2) is 24.7 Å². The van der Waals surface area contributed by atoms with Gasteiger partial charge in [-0.05, 0) is 12.5 Å². The monoisotopic (exact) mass is 387 g/mol. The first-order valence-electron chi connectivity index (χ1n) is 8.01. The number of rotatable bonds is 2. The van der Waals surface area contributed by atoms with E-state index in [1.807, 2.05) is 0 Å². The highest BCUT2D eigenvalue weighted by molar-refractivity contribution is 6.33. The average molecular weight is 388 g/mol. The molecule has 1 amide bonds. The molecule has 0 saturated carbocycles. The number of alkyl halides is 3. The molecule has 3 heterocycles. The molecule has 3 rings (SSSR count). The lowest BCUT2D eigenvalue weighted by atomic mass is 10.2. The second-order valence-corrected chi connectivity index (χ2v) is 6.47. The summed E-state index contributed by atoms with van der Waals surface area (Å²) >= 11 is 6.02. The van der Waals surface area contributed by atoms with Crippen molar-refractivity contribution in [3.05, 3.63) is 40.8 Å². The summed E-state index contributed by atoms with van der Waals surface area (Å²) in [6, 6.07) is 0.882. The number of hydrogen-bond donors (Lipinski definition) is 0. The van der Waals surface area contributed by atoms with E-state index in [9.17, 15) is 18.0 Å². The summed E-state index contributed by atoms with van der Waals surface area (Å²) < 4.78 is 39.8. The van der Waals surface area contributed by atoms with E-state index in [0.29, 0.717) is 44.0 Å². The van der Waals surface area contributed by atoms with Crippen LogP contribution >= 0.6 is 11.6 Å². The lowest BCUT2D eigenvalue weighted by Crippen LogP contribution is -2.35. The van der Waals surface area contributed by atoms with Crippen LogP contribution in [0.3, 0.4) is 0 Å². The molecular formula is C16H17ClF3N5O. The van der Waals surface area contributed by atoms with Crippen molar-refractivity contribution in [1.29, 1.82) is 0 Å². The summed E-state index contributed by atoms with van der Waals surface area (Å²) in [5, 5.41) is 3.95. The van der Waals surface area contributed by atoms with E-state index < -0.39 is 11.7 Å². The third kappa shape index (κ3) is 3.92. The van der Waals surface area contributed by atoms with Crippen molar-refractivity contribution >= 4 is 23.3 Å². The van der Waals surface area contributed by atoms with Gasteiger partial charge in [0.2, 0.25) is 0 Å². The van der Waals surface area contributed by atoms with E-state index in [4.69, 9.17) is 11.6 Å². The Balaban J connectivity index is 1.72. The predicted octanol–water partition coefficient (Wildman–Crippen LogP) is 2.84. The largest absolute Gasteiger partial charge is 0.417 e. The Bertz CT molecular complexity index is 807. The van der Waals surface area contributed by atoms with Crippen molar-refractivity contribution in [3.8, 4) is 0 Å². The number of anilines is 1. The fraction of sp³-hybridized carbons (Fsp3) is 0.438. The van der Waals surface area contributed by atoms with Gasteiger partial charge >= 0.3 is 6.18 Å². The smallest absolute Gasteiger partial charge is 0.354 e. The van der Waals surface area contributed by atoms with Crippen LogP contribution < -0.4 is 4.90 Å². The van der Waals surface area contributed by atoms with E-state index in [0.717, 1.165) is 12.3 Å². The van der Waals surface area contributed by atoms with Crippen LogP contribution in [0, 0.1) is 0 Å². The van der Waals surface area contributed by atoms with Crippen LogP contribution in [0.2, 0.25) is 5.02 Å². The molecule has 26 heavy (non-hydrogen) atoms. The lowest BCUT2D eigenvalue weighted by Gasteiger charge is -2.23. The number of nitrogens with zero attached hydrogens (tertiary/aromatic N) is 5. The number of halogens is 4. The van der Waals surface area contributed by atoms with Gasteiger partial charge in [0.1, 0.15) is 5.82 Å². The predicted molar refractivity (Wildman–Crippen MR) is 90.2 cm³/mol. The third-order valence-corrected chi connectivity index (χ3v) is 4.46.